The summed E-state index contributed by atoms with van der Waals surface area (Å²) in [6.07, 6.45) is 0.319. The zero-order valence-corrected chi connectivity index (χ0v) is 16.0. The van der Waals surface area contributed by atoms with Crippen LogP contribution in [-0.4, -0.2) is 36.3 Å². The molecule has 1 aliphatic rings. The predicted molar refractivity (Wildman–Crippen MR) is 104 cm³/mol. The SMILES string of the molecule is CN(C)c1ccc(NC(=O)C(C)(C)N2C(=O)CC2c2ccc(F)cc2)cc1. The molecule has 27 heavy (non-hydrogen) atoms. The predicted octanol–water partition coefficient (Wildman–Crippen LogP) is 3.58. The van der Waals surface area contributed by atoms with Gasteiger partial charge in [-0.15, -0.1) is 0 Å². The number of anilines is 2. The Hall–Kier alpha value is -2.89. The minimum absolute atomic E-state index is 0.0903. The Morgan fingerprint density at radius 2 is 1.70 bits per heavy atom. The van der Waals surface area contributed by atoms with Crippen molar-refractivity contribution in [2.24, 2.45) is 0 Å². The average Bonchev–Trinajstić information content (AvgIpc) is 2.60. The molecule has 142 valence electrons. The molecule has 1 unspecified atom stereocenters. The minimum Gasteiger partial charge on any atom is -0.378 e. The van der Waals surface area contributed by atoms with Gasteiger partial charge in [-0.05, 0) is 55.8 Å². The molecule has 5 nitrogen and oxygen atoms in total. The number of carbonyl (C=O) groups excluding carboxylic acids is 2. The van der Waals surface area contributed by atoms with Crippen LogP contribution in [0.5, 0.6) is 0 Å². The van der Waals surface area contributed by atoms with E-state index >= 15 is 0 Å². The number of hydrogen-bond donors (Lipinski definition) is 1. The molecule has 1 N–H and O–H groups in total. The first-order chi connectivity index (χ1) is 12.7. The van der Waals surface area contributed by atoms with Gasteiger partial charge in [0.1, 0.15) is 11.4 Å². The lowest BCUT2D eigenvalue weighted by Gasteiger charge is -2.49. The summed E-state index contributed by atoms with van der Waals surface area (Å²) in [7, 11) is 3.89. The highest BCUT2D eigenvalue weighted by Crippen LogP contribution is 2.40. The Balaban J connectivity index is 1.76. The zero-order chi connectivity index (χ0) is 19.8. The smallest absolute Gasteiger partial charge is 0.249 e. The maximum Gasteiger partial charge on any atom is 0.249 e. The molecule has 0 saturated carbocycles. The van der Waals surface area contributed by atoms with E-state index < -0.39 is 5.54 Å². The van der Waals surface area contributed by atoms with E-state index in [1.54, 1.807) is 30.9 Å². The van der Waals surface area contributed by atoms with Crippen molar-refractivity contribution in [3.05, 3.63) is 59.9 Å². The van der Waals surface area contributed by atoms with Gasteiger partial charge in [0.2, 0.25) is 11.8 Å². The van der Waals surface area contributed by atoms with E-state index in [1.807, 2.05) is 43.3 Å². The second-order valence-electron chi connectivity index (χ2n) is 7.49. The van der Waals surface area contributed by atoms with Crippen LogP contribution in [0.2, 0.25) is 0 Å². The molecule has 0 radical (unpaired) electrons. The Labute approximate surface area is 158 Å². The van der Waals surface area contributed by atoms with E-state index in [2.05, 4.69) is 5.32 Å². The molecule has 2 amide bonds. The fourth-order valence-electron chi connectivity index (χ4n) is 3.31. The molecular weight excluding hydrogens is 345 g/mol. The van der Waals surface area contributed by atoms with E-state index in [-0.39, 0.29) is 23.7 Å². The Kier molecular flexibility index (Phi) is 4.91. The van der Waals surface area contributed by atoms with Crippen molar-refractivity contribution in [1.29, 1.82) is 0 Å². The van der Waals surface area contributed by atoms with E-state index in [9.17, 15) is 14.0 Å². The molecule has 1 heterocycles. The van der Waals surface area contributed by atoms with Crippen LogP contribution in [0.3, 0.4) is 0 Å². The van der Waals surface area contributed by atoms with Crippen molar-refractivity contribution in [2.45, 2.75) is 31.8 Å². The van der Waals surface area contributed by atoms with Gasteiger partial charge in [0.25, 0.3) is 0 Å². The highest BCUT2D eigenvalue weighted by atomic mass is 19.1. The fourth-order valence-corrected chi connectivity index (χ4v) is 3.31. The van der Waals surface area contributed by atoms with Crippen LogP contribution in [-0.2, 0) is 9.59 Å². The first-order valence-corrected chi connectivity index (χ1v) is 8.86. The molecule has 2 aromatic rings. The summed E-state index contributed by atoms with van der Waals surface area (Å²) in [4.78, 5) is 28.7. The van der Waals surface area contributed by atoms with Crippen LogP contribution < -0.4 is 10.2 Å². The normalized spacial score (nSPS) is 16.7. The number of hydrogen-bond acceptors (Lipinski definition) is 3. The van der Waals surface area contributed by atoms with Gasteiger partial charge in [0.05, 0.1) is 12.5 Å². The summed E-state index contributed by atoms with van der Waals surface area (Å²) in [5.41, 5.74) is 1.49. The lowest BCUT2D eigenvalue weighted by molar-refractivity contribution is -0.160. The third-order valence-corrected chi connectivity index (χ3v) is 5.00. The summed E-state index contributed by atoms with van der Waals surface area (Å²) in [5.74, 6) is -0.679. The van der Waals surface area contributed by atoms with Crippen molar-refractivity contribution in [3.63, 3.8) is 0 Å². The third kappa shape index (κ3) is 3.65. The molecule has 3 rings (SSSR count). The summed E-state index contributed by atoms with van der Waals surface area (Å²) in [6, 6.07) is 13.3. The van der Waals surface area contributed by atoms with Crippen molar-refractivity contribution in [1.82, 2.24) is 4.90 Å². The average molecular weight is 369 g/mol. The molecule has 0 aliphatic carbocycles. The van der Waals surface area contributed by atoms with Crippen LogP contribution in [0.4, 0.5) is 15.8 Å². The Bertz CT molecular complexity index is 845. The van der Waals surface area contributed by atoms with Crippen molar-refractivity contribution >= 4 is 23.2 Å². The fraction of sp³-hybridized carbons (Fsp3) is 0.333. The Morgan fingerprint density at radius 1 is 1.11 bits per heavy atom. The molecule has 2 aromatic carbocycles. The summed E-state index contributed by atoms with van der Waals surface area (Å²) in [6.45, 7) is 3.45. The third-order valence-electron chi connectivity index (χ3n) is 5.00. The number of carbonyl (C=O) groups is 2. The number of nitrogens with zero attached hydrogens (tertiary/aromatic N) is 2. The number of likely N-dealkylation sites (tertiary alicyclic amines) is 1. The first-order valence-electron chi connectivity index (χ1n) is 8.86. The van der Waals surface area contributed by atoms with Gasteiger partial charge in [0, 0.05) is 25.5 Å². The van der Waals surface area contributed by atoms with Gasteiger partial charge in [-0.25, -0.2) is 4.39 Å². The summed E-state index contributed by atoms with van der Waals surface area (Å²) in [5, 5.41) is 2.89. The van der Waals surface area contributed by atoms with Crippen molar-refractivity contribution < 1.29 is 14.0 Å². The second kappa shape index (κ2) is 7.02. The van der Waals surface area contributed by atoms with E-state index in [0.29, 0.717) is 12.1 Å². The van der Waals surface area contributed by atoms with Crippen LogP contribution in [0.15, 0.2) is 48.5 Å². The van der Waals surface area contributed by atoms with Crippen LogP contribution in [0, 0.1) is 5.82 Å². The van der Waals surface area contributed by atoms with Crippen LogP contribution >= 0.6 is 0 Å². The first kappa shape index (κ1) is 18.9. The number of rotatable bonds is 5. The highest BCUT2D eigenvalue weighted by Gasteiger charge is 2.49. The van der Waals surface area contributed by atoms with E-state index in [0.717, 1.165) is 11.3 Å². The molecule has 1 fully saturated rings. The van der Waals surface area contributed by atoms with E-state index in [1.165, 1.54) is 12.1 Å². The summed E-state index contributed by atoms with van der Waals surface area (Å²) < 4.78 is 13.2. The summed E-state index contributed by atoms with van der Waals surface area (Å²) >= 11 is 0. The molecule has 1 saturated heterocycles. The maximum atomic E-state index is 13.2. The molecule has 1 aliphatic heterocycles. The highest BCUT2D eigenvalue weighted by molar-refractivity contribution is 6.01. The monoisotopic (exact) mass is 369 g/mol. The van der Waals surface area contributed by atoms with Crippen LogP contribution in [0.1, 0.15) is 31.9 Å². The van der Waals surface area contributed by atoms with Gasteiger partial charge in [-0.3, -0.25) is 9.59 Å². The Morgan fingerprint density at radius 3 is 2.22 bits per heavy atom. The number of halogens is 1. The standard InChI is InChI=1S/C21H24FN3O2/c1-21(2,20(27)23-16-9-11-17(12-10-16)24(3)4)25-18(13-19(25)26)14-5-7-15(22)8-6-14/h5-12,18H,13H2,1-4H3,(H,23,27). The second-order valence-corrected chi connectivity index (χ2v) is 7.49. The lowest BCUT2D eigenvalue weighted by atomic mass is 9.86. The molecule has 0 bridgehead atoms. The van der Waals surface area contributed by atoms with Gasteiger partial charge in [0.15, 0.2) is 0 Å². The molecular formula is C21H24FN3O2. The topological polar surface area (TPSA) is 52.7 Å². The number of amides is 2. The van der Waals surface area contributed by atoms with Crippen LogP contribution in [0.25, 0.3) is 0 Å². The van der Waals surface area contributed by atoms with Crippen molar-refractivity contribution in [2.75, 3.05) is 24.3 Å². The maximum absolute atomic E-state index is 13.2. The minimum atomic E-state index is -1.03. The molecule has 0 spiro atoms. The zero-order valence-electron chi connectivity index (χ0n) is 16.0. The number of benzene rings is 2. The van der Waals surface area contributed by atoms with Gasteiger partial charge in [-0.2, -0.15) is 0 Å². The molecule has 0 aromatic heterocycles. The molecule has 1 atom stereocenters. The number of β-lactam (4-membered cyclic amide) rings is 1. The van der Waals surface area contributed by atoms with Gasteiger partial charge >= 0.3 is 0 Å². The lowest BCUT2D eigenvalue weighted by Crippen LogP contribution is -2.62. The largest absolute Gasteiger partial charge is 0.378 e. The van der Waals surface area contributed by atoms with Crippen molar-refractivity contribution in [3.8, 4) is 0 Å². The van der Waals surface area contributed by atoms with Gasteiger partial charge < -0.3 is 15.1 Å². The van der Waals surface area contributed by atoms with E-state index in [4.69, 9.17) is 0 Å². The quantitative estimate of drug-likeness (QED) is 0.820. The van der Waals surface area contributed by atoms with Gasteiger partial charge in [-0.1, -0.05) is 12.1 Å². The number of nitrogens with one attached hydrogen (secondary N) is 1. The molecule has 6 heteroatoms.